The molecule has 0 heterocycles. The van der Waals surface area contributed by atoms with Gasteiger partial charge in [0.05, 0.1) is 5.41 Å². The summed E-state index contributed by atoms with van der Waals surface area (Å²) < 4.78 is 0. The molecule has 0 aliphatic heterocycles. The average molecular weight is 221 g/mol. The van der Waals surface area contributed by atoms with Crippen molar-refractivity contribution in [1.29, 1.82) is 0 Å². The molecule has 0 bridgehead atoms. The number of aliphatic carboxylic acids is 1. The quantitative estimate of drug-likeness (QED) is 0.768. The zero-order valence-electron chi connectivity index (χ0n) is 10.1. The number of aryl methyl sites for hydroxylation is 1. The van der Waals surface area contributed by atoms with E-state index in [1.807, 2.05) is 32.0 Å². The van der Waals surface area contributed by atoms with Gasteiger partial charge in [-0.2, -0.15) is 0 Å². The Kier molecular flexibility index (Phi) is 3.58. The molecule has 0 aliphatic carbocycles. The van der Waals surface area contributed by atoms with Gasteiger partial charge in [0.1, 0.15) is 0 Å². The van der Waals surface area contributed by atoms with E-state index >= 15 is 0 Å². The number of hydrogen-bond donors (Lipinski definition) is 2. The number of nitrogen functional groups attached to an aromatic ring is 1. The summed E-state index contributed by atoms with van der Waals surface area (Å²) >= 11 is 0. The Hall–Kier alpha value is -1.51. The van der Waals surface area contributed by atoms with Gasteiger partial charge < -0.3 is 10.8 Å². The minimum Gasteiger partial charge on any atom is -0.481 e. The van der Waals surface area contributed by atoms with E-state index in [-0.39, 0.29) is 0 Å². The van der Waals surface area contributed by atoms with Crippen LogP contribution < -0.4 is 5.73 Å². The molecule has 1 aromatic carbocycles. The van der Waals surface area contributed by atoms with Crippen molar-refractivity contribution < 1.29 is 9.90 Å². The van der Waals surface area contributed by atoms with Crippen LogP contribution in [0.15, 0.2) is 18.2 Å². The van der Waals surface area contributed by atoms with Crippen LogP contribution in [0.5, 0.6) is 0 Å². The van der Waals surface area contributed by atoms with Crippen molar-refractivity contribution in [1.82, 2.24) is 0 Å². The summed E-state index contributed by atoms with van der Waals surface area (Å²) in [6.45, 7) is 5.62. The fraction of sp³-hybridized carbons (Fsp3) is 0.462. The van der Waals surface area contributed by atoms with Crippen LogP contribution in [-0.2, 0) is 10.2 Å². The predicted molar refractivity (Wildman–Crippen MR) is 65.5 cm³/mol. The lowest BCUT2D eigenvalue weighted by atomic mass is 9.77. The second kappa shape index (κ2) is 4.56. The van der Waals surface area contributed by atoms with Crippen molar-refractivity contribution in [3.8, 4) is 0 Å². The molecule has 3 N–H and O–H groups in total. The zero-order chi connectivity index (χ0) is 12.3. The molecular formula is C13H19NO2. The van der Waals surface area contributed by atoms with E-state index < -0.39 is 11.4 Å². The molecular weight excluding hydrogens is 202 g/mol. The van der Waals surface area contributed by atoms with Crippen LogP contribution >= 0.6 is 0 Å². The van der Waals surface area contributed by atoms with Crippen molar-refractivity contribution in [3.05, 3.63) is 29.3 Å². The molecule has 0 spiro atoms. The van der Waals surface area contributed by atoms with Crippen molar-refractivity contribution in [2.45, 2.75) is 39.0 Å². The van der Waals surface area contributed by atoms with Gasteiger partial charge in [0.15, 0.2) is 0 Å². The lowest BCUT2D eigenvalue weighted by Gasteiger charge is -2.27. The Morgan fingerprint density at radius 2 is 2.12 bits per heavy atom. The number of para-hydroxylation sites is 1. The molecule has 3 nitrogen and oxygen atoms in total. The summed E-state index contributed by atoms with van der Waals surface area (Å²) in [6.07, 6.45) is 1.41. The first-order valence-corrected chi connectivity index (χ1v) is 5.52. The Bertz CT molecular complexity index is 401. The van der Waals surface area contributed by atoms with Crippen LogP contribution in [0.2, 0.25) is 0 Å². The molecule has 0 radical (unpaired) electrons. The van der Waals surface area contributed by atoms with Crippen LogP contribution in [0.4, 0.5) is 5.69 Å². The van der Waals surface area contributed by atoms with Crippen molar-refractivity contribution in [3.63, 3.8) is 0 Å². The van der Waals surface area contributed by atoms with Gasteiger partial charge in [-0.1, -0.05) is 31.5 Å². The van der Waals surface area contributed by atoms with Crippen LogP contribution in [0.25, 0.3) is 0 Å². The topological polar surface area (TPSA) is 63.3 Å². The van der Waals surface area contributed by atoms with Gasteiger partial charge in [-0.25, -0.2) is 0 Å². The minimum absolute atomic E-state index is 0.593. The molecule has 1 aromatic rings. The third kappa shape index (κ3) is 2.03. The number of hydrogen-bond acceptors (Lipinski definition) is 2. The smallest absolute Gasteiger partial charge is 0.313 e. The Morgan fingerprint density at radius 3 is 2.62 bits per heavy atom. The monoisotopic (exact) mass is 221 g/mol. The summed E-state index contributed by atoms with van der Waals surface area (Å²) in [7, 11) is 0. The van der Waals surface area contributed by atoms with Gasteiger partial charge in [0.2, 0.25) is 0 Å². The van der Waals surface area contributed by atoms with Crippen molar-refractivity contribution in [2.75, 3.05) is 5.73 Å². The van der Waals surface area contributed by atoms with E-state index in [1.165, 1.54) is 0 Å². The van der Waals surface area contributed by atoms with Crippen LogP contribution in [0.3, 0.4) is 0 Å². The molecule has 0 saturated carbocycles. The maximum atomic E-state index is 11.4. The zero-order valence-corrected chi connectivity index (χ0v) is 10.1. The molecule has 0 fully saturated rings. The lowest BCUT2D eigenvalue weighted by Crippen LogP contribution is -2.33. The molecule has 16 heavy (non-hydrogen) atoms. The molecule has 1 unspecified atom stereocenters. The third-order valence-electron chi connectivity index (χ3n) is 3.14. The number of anilines is 1. The second-order valence-corrected chi connectivity index (χ2v) is 4.42. The lowest BCUT2D eigenvalue weighted by molar-refractivity contribution is -0.143. The Labute approximate surface area is 96.3 Å². The summed E-state index contributed by atoms with van der Waals surface area (Å²) in [4.78, 5) is 11.4. The van der Waals surface area contributed by atoms with Crippen molar-refractivity contribution >= 4 is 11.7 Å². The van der Waals surface area contributed by atoms with Crippen LogP contribution in [-0.4, -0.2) is 11.1 Å². The van der Waals surface area contributed by atoms with Crippen molar-refractivity contribution in [2.24, 2.45) is 0 Å². The number of benzene rings is 1. The first kappa shape index (κ1) is 12.6. The molecule has 0 aliphatic rings. The highest BCUT2D eigenvalue weighted by Gasteiger charge is 2.35. The summed E-state index contributed by atoms with van der Waals surface area (Å²) in [6, 6.07) is 5.57. The molecule has 1 atom stereocenters. The Balaban J connectivity index is 3.32. The fourth-order valence-corrected chi connectivity index (χ4v) is 2.02. The average Bonchev–Trinajstić information content (AvgIpc) is 2.22. The molecule has 0 amide bonds. The van der Waals surface area contributed by atoms with E-state index in [9.17, 15) is 9.90 Å². The highest BCUT2D eigenvalue weighted by molar-refractivity contribution is 5.83. The van der Waals surface area contributed by atoms with Gasteiger partial charge >= 0.3 is 5.97 Å². The molecule has 0 saturated heterocycles. The largest absolute Gasteiger partial charge is 0.481 e. The first-order chi connectivity index (χ1) is 7.43. The van der Waals surface area contributed by atoms with E-state index in [0.717, 1.165) is 17.5 Å². The maximum Gasteiger partial charge on any atom is 0.313 e. The standard InChI is InChI=1S/C13H19NO2/c1-4-8-13(3,12(15)16)10-7-5-6-9(2)11(10)14/h5-7H,4,8,14H2,1-3H3,(H,15,16). The van der Waals surface area contributed by atoms with E-state index in [1.54, 1.807) is 6.92 Å². The molecule has 1 rings (SSSR count). The van der Waals surface area contributed by atoms with Gasteiger partial charge in [-0.15, -0.1) is 0 Å². The highest BCUT2D eigenvalue weighted by Crippen LogP contribution is 2.34. The van der Waals surface area contributed by atoms with Crippen LogP contribution in [0, 0.1) is 6.92 Å². The SMILES string of the molecule is CCCC(C)(C(=O)O)c1cccc(C)c1N. The minimum atomic E-state index is -0.884. The normalized spacial score (nSPS) is 14.4. The second-order valence-electron chi connectivity index (χ2n) is 4.42. The van der Waals surface area contributed by atoms with E-state index in [2.05, 4.69) is 0 Å². The predicted octanol–water partition coefficient (Wildman–Crippen LogP) is 2.72. The molecule has 0 aromatic heterocycles. The maximum absolute atomic E-state index is 11.4. The molecule has 3 heteroatoms. The van der Waals surface area contributed by atoms with E-state index in [4.69, 9.17) is 5.73 Å². The van der Waals surface area contributed by atoms with Gasteiger partial charge in [0.25, 0.3) is 0 Å². The molecule has 88 valence electrons. The number of rotatable bonds is 4. The number of carboxylic acid groups (broad SMARTS) is 1. The Morgan fingerprint density at radius 1 is 1.50 bits per heavy atom. The number of nitrogens with two attached hydrogens (primary N) is 1. The number of carbonyl (C=O) groups is 1. The highest BCUT2D eigenvalue weighted by atomic mass is 16.4. The van der Waals surface area contributed by atoms with E-state index in [0.29, 0.717) is 12.1 Å². The number of carboxylic acids is 1. The summed E-state index contributed by atoms with van der Waals surface area (Å²) in [5.74, 6) is -0.813. The fourth-order valence-electron chi connectivity index (χ4n) is 2.02. The van der Waals surface area contributed by atoms with Gasteiger partial charge in [-0.3, -0.25) is 4.79 Å². The first-order valence-electron chi connectivity index (χ1n) is 5.52. The van der Waals surface area contributed by atoms with Gasteiger partial charge in [0, 0.05) is 5.69 Å². The van der Waals surface area contributed by atoms with Gasteiger partial charge in [-0.05, 0) is 31.4 Å². The summed E-state index contributed by atoms with van der Waals surface area (Å²) in [5.41, 5.74) is 7.34. The summed E-state index contributed by atoms with van der Waals surface area (Å²) in [5, 5.41) is 9.38. The third-order valence-corrected chi connectivity index (χ3v) is 3.14. The van der Waals surface area contributed by atoms with Crippen LogP contribution in [0.1, 0.15) is 37.8 Å².